The van der Waals surface area contributed by atoms with Crippen molar-refractivity contribution in [3.05, 3.63) is 52.5 Å². The molecule has 11 heteroatoms. The second-order valence-corrected chi connectivity index (χ2v) is 5.91. The van der Waals surface area contributed by atoms with E-state index in [1.165, 1.54) is 18.2 Å². The summed E-state index contributed by atoms with van der Waals surface area (Å²) in [6.45, 7) is 0.145. The van der Waals surface area contributed by atoms with Gasteiger partial charge in [-0.25, -0.2) is 4.79 Å². The van der Waals surface area contributed by atoms with Gasteiger partial charge in [-0.2, -0.15) is 13.2 Å². The van der Waals surface area contributed by atoms with E-state index in [1.54, 1.807) is 6.07 Å². The minimum absolute atomic E-state index is 0.0159. The number of nitrogens with two attached hydrogens (primary N) is 1. The maximum atomic E-state index is 12.8. The number of hydrogen-bond acceptors (Lipinski definition) is 5. The van der Waals surface area contributed by atoms with Crippen LogP contribution in [-0.4, -0.2) is 23.0 Å². The first-order chi connectivity index (χ1) is 12.6. The van der Waals surface area contributed by atoms with Crippen LogP contribution in [0.5, 0.6) is 0 Å². The standard InChI is InChI=1S/C16H16ClF3N4O3/c17-12-3-2-10(8-11(12)16(18,19)20)23-15(25)22-6-5-9-1-4-13(21)14(7-9)24(26)27/h1-4,7-8,26-27H,5-6,21H2,(H2,22,23,25). The highest BCUT2D eigenvalue weighted by molar-refractivity contribution is 6.31. The van der Waals surface area contributed by atoms with Gasteiger partial charge >= 0.3 is 12.2 Å². The van der Waals surface area contributed by atoms with Crippen LogP contribution >= 0.6 is 11.6 Å². The summed E-state index contributed by atoms with van der Waals surface area (Å²) >= 11 is 5.52. The number of nitrogen functional groups attached to an aromatic ring is 1. The van der Waals surface area contributed by atoms with Gasteiger partial charge in [-0.05, 0) is 42.3 Å². The number of halogens is 4. The van der Waals surface area contributed by atoms with Crippen LogP contribution in [0.3, 0.4) is 0 Å². The van der Waals surface area contributed by atoms with Crippen molar-refractivity contribution in [1.82, 2.24) is 5.32 Å². The molecule has 0 heterocycles. The van der Waals surface area contributed by atoms with Crippen LogP contribution in [0.2, 0.25) is 5.02 Å². The normalized spacial score (nSPS) is 11.2. The van der Waals surface area contributed by atoms with Crippen LogP contribution in [0.4, 0.5) is 35.0 Å². The largest absolute Gasteiger partial charge is 0.417 e. The number of alkyl halides is 3. The zero-order chi connectivity index (χ0) is 20.2. The molecule has 2 aromatic rings. The fourth-order valence-electron chi connectivity index (χ4n) is 2.23. The lowest BCUT2D eigenvalue weighted by Gasteiger charge is -2.13. The molecule has 0 spiro atoms. The molecule has 27 heavy (non-hydrogen) atoms. The van der Waals surface area contributed by atoms with Gasteiger partial charge in [-0.3, -0.25) is 10.4 Å². The van der Waals surface area contributed by atoms with Crippen LogP contribution in [0.25, 0.3) is 0 Å². The van der Waals surface area contributed by atoms with Crippen molar-refractivity contribution < 1.29 is 28.4 Å². The van der Waals surface area contributed by atoms with Gasteiger partial charge in [0.25, 0.3) is 0 Å². The quantitative estimate of drug-likeness (QED) is 0.383. The van der Waals surface area contributed by atoms with Crippen LogP contribution in [-0.2, 0) is 12.6 Å². The number of rotatable bonds is 5. The first-order valence-corrected chi connectivity index (χ1v) is 7.93. The van der Waals surface area contributed by atoms with Gasteiger partial charge in [-0.1, -0.05) is 17.7 Å². The second-order valence-electron chi connectivity index (χ2n) is 5.51. The Hall–Kier alpha value is -2.69. The van der Waals surface area contributed by atoms with Crippen LogP contribution < -0.4 is 21.6 Å². The molecule has 2 rings (SSSR count). The van der Waals surface area contributed by atoms with Gasteiger partial charge in [-0.15, -0.1) is 5.23 Å². The number of hydrogen-bond donors (Lipinski definition) is 5. The fraction of sp³-hybridized carbons (Fsp3) is 0.188. The van der Waals surface area contributed by atoms with Crippen LogP contribution in [0, 0.1) is 0 Å². The van der Waals surface area contributed by atoms with Crippen molar-refractivity contribution in [1.29, 1.82) is 0 Å². The molecular weight excluding hydrogens is 389 g/mol. The molecule has 0 unspecified atom stereocenters. The highest BCUT2D eigenvalue weighted by atomic mass is 35.5. The van der Waals surface area contributed by atoms with Gasteiger partial charge in [0, 0.05) is 12.2 Å². The maximum absolute atomic E-state index is 12.8. The Morgan fingerprint density at radius 1 is 1.19 bits per heavy atom. The lowest BCUT2D eigenvalue weighted by molar-refractivity contribution is -0.137. The predicted octanol–water partition coefficient (Wildman–Crippen LogP) is 3.89. The molecule has 7 nitrogen and oxygen atoms in total. The first kappa shape index (κ1) is 20.6. The third kappa shape index (κ3) is 5.64. The molecule has 0 radical (unpaired) electrons. The minimum atomic E-state index is -4.63. The number of nitrogens with one attached hydrogen (secondary N) is 2. The Morgan fingerprint density at radius 3 is 2.52 bits per heavy atom. The summed E-state index contributed by atoms with van der Waals surface area (Å²) in [5.41, 5.74) is 5.25. The zero-order valence-corrected chi connectivity index (χ0v) is 14.5. The number of nitrogens with zero attached hydrogens (tertiary/aromatic N) is 1. The molecule has 0 aliphatic rings. The minimum Gasteiger partial charge on any atom is -0.397 e. The smallest absolute Gasteiger partial charge is 0.397 e. The van der Waals surface area contributed by atoms with Crippen molar-refractivity contribution in [2.75, 3.05) is 22.8 Å². The maximum Gasteiger partial charge on any atom is 0.417 e. The molecule has 2 aromatic carbocycles. The summed E-state index contributed by atoms with van der Waals surface area (Å²) in [6, 6.07) is 6.86. The summed E-state index contributed by atoms with van der Waals surface area (Å²) in [5.74, 6) is 0. The second kappa shape index (κ2) is 8.33. The summed E-state index contributed by atoms with van der Waals surface area (Å²) in [5, 5.41) is 22.3. The monoisotopic (exact) mass is 404 g/mol. The Bertz CT molecular complexity index is 831. The molecule has 0 saturated heterocycles. The van der Waals surface area contributed by atoms with E-state index in [2.05, 4.69) is 10.6 Å². The van der Waals surface area contributed by atoms with E-state index in [0.717, 1.165) is 12.1 Å². The molecule has 0 saturated carbocycles. The van der Waals surface area contributed by atoms with Crippen molar-refractivity contribution in [3.63, 3.8) is 0 Å². The highest BCUT2D eigenvalue weighted by Gasteiger charge is 2.33. The first-order valence-electron chi connectivity index (χ1n) is 7.56. The summed E-state index contributed by atoms with van der Waals surface area (Å²) in [6.07, 6.45) is -4.31. The Kier molecular flexibility index (Phi) is 6.37. The topological polar surface area (TPSA) is 111 Å². The van der Waals surface area contributed by atoms with Crippen LogP contribution in [0.15, 0.2) is 36.4 Å². The van der Waals surface area contributed by atoms with Crippen LogP contribution in [0.1, 0.15) is 11.1 Å². The third-order valence-corrected chi connectivity index (χ3v) is 3.87. The molecule has 0 fully saturated rings. The Morgan fingerprint density at radius 2 is 1.89 bits per heavy atom. The van der Waals surface area contributed by atoms with Crippen molar-refractivity contribution in [3.8, 4) is 0 Å². The van der Waals surface area contributed by atoms with Crippen molar-refractivity contribution >= 4 is 34.7 Å². The molecule has 0 aliphatic heterocycles. The van der Waals surface area contributed by atoms with Gasteiger partial charge in [0.2, 0.25) is 0 Å². The molecule has 0 aliphatic carbocycles. The van der Waals surface area contributed by atoms with E-state index in [0.29, 0.717) is 12.0 Å². The molecule has 2 amide bonds. The third-order valence-electron chi connectivity index (χ3n) is 3.54. The van der Waals surface area contributed by atoms with E-state index in [4.69, 9.17) is 27.7 Å². The average Bonchev–Trinajstić information content (AvgIpc) is 2.57. The highest BCUT2D eigenvalue weighted by Crippen LogP contribution is 2.36. The Labute approximate surface area is 157 Å². The number of benzene rings is 2. The van der Waals surface area contributed by atoms with E-state index in [-0.39, 0.29) is 28.8 Å². The molecular formula is C16H16ClF3N4O3. The van der Waals surface area contributed by atoms with E-state index < -0.39 is 22.8 Å². The fourth-order valence-corrected chi connectivity index (χ4v) is 2.46. The lowest BCUT2D eigenvalue weighted by Crippen LogP contribution is -2.30. The van der Waals surface area contributed by atoms with Gasteiger partial charge in [0.05, 0.1) is 16.3 Å². The predicted molar refractivity (Wildman–Crippen MR) is 94.1 cm³/mol. The van der Waals surface area contributed by atoms with E-state index in [9.17, 15) is 18.0 Å². The molecule has 0 aromatic heterocycles. The summed E-state index contributed by atoms with van der Waals surface area (Å²) < 4.78 is 38.4. The van der Waals surface area contributed by atoms with Crippen molar-refractivity contribution in [2.45, 2.75) is 12.6 Å². The van der Waals surface area contributed by atoms with E-state index >= 15 is 0 Å². The van der Waals surface area contributed by atoms with Gasteiger partial charge < -0.3 is 16.4 Å². The summed E-state index contributed by atoms with van der Waals surface area (Å²) in [4.78, 5) is 11.8. The Balaban J connectivity index is 1.93. The molecule has 146 valence electrons. The molecule has 0 bridgehead atoms. The summed E-state index contributed by atoms with van der Waals surface area (Å²) in [7, 11) is 0. The number of amides is 2. The number of urea groups is 1. The van der Waals surface area contributed by atoms with Gasteiger partial charge in [0.1, 0.15) is 5.69 Å². The number of anilines is 3. The van der Waals surface area contributed by atoms with E-state index in [1.807, 2.05) is 0 Å². The molecule has 6 N–H and O–H groups in total. The number of carbonyl (C=O) groups excluding carboxylic acids is 1. The molecule has 0 atom stereocenters. The SMILES string of the molecule is Nc1ccc(CCNC(=O)Nc2ccc(Cl)c(C(F)(F)F)c2)cc1N(O)O. The number of carbonyl (C=O) groups is 1. The van der Waals surface area contributed by atoms with Gasteiger partial charge in [0.15, 0.2) is 0 Å². The lowest BCUT2D eigenvalue weighted by atomic mass is 10.1. The van der Waals surface area contributed by atoms with Crippen molar-refractivity contribution in [2.24, 2.45) is 0 Å². The average molecular weight is 405 g/mol. The zero-order valence-electron chi connectivity index (χ0n) is 13.7.